The third kappa shape index (κ3) is 4.48. The number of hydrogen-bond donors (Lipinski definition) is 1. The lowest BCUT2D eigenvalue weighted by Crippen LogP contribution is -2.23. The molecule has 4 rings (SSSR count). The van der Waals surface area contributed by atoms with E-state index >= 15 is 0 Å². The Hall–Kier alpha value is -3.54. The predicted molar refractivity (Wildman–Crippen MR) is 118 cm³/mol. The molecule has 1 aromatic heterocycles. The summed E-state index contributed by atoms with van der Waals surface area (Å²) in [6.07, 6.45) is 2.63. The van der Waals surface area contributed by atoms with Crippen LogP contribution in [0.15, 0.2) is 48.5 Å². The van der Waals surface area contributed by atoms with Crippen molar-refractivity contribution >= 4 is 34.3 Å². The van der Waals surface area contributed by atoms with Crippen molar-refractivity contribution in [2.24, 2.45) is 5.92 Å². The monoisotopic (exact) mass is 416 g/mol. The van der Waals surface area contributed by atoms with Gasteiger partial charge in [0.15, 0.2) is 12.4 Å². The van der Waals surface area contributed by atoms with Gasteiger partial charge in [0.1, 0.15) is 0 Å². The maximum absolute atomic E-state index is 13.1. The lowest BCUT2D eigenvalue weighted by atomic mass is 9.84. The molecule has 2 aromatic carbocycles. The van der Waals surface area contributed by atoms with Crippen LogP contribution in [-0.2, 0) is 22.4 Å². The van der Waals surface area contributed by atoms with Crippen LogP contribution in [-0.4, -0.2) is 29.3 Å². The van der Waals surface area contributed by atoms with Crippen molar-refractivity contribution in [1.82, 2.24) is 4.98 Å². The van der Waals surface area contributed by atoms with Crippen LogP contribution in [0.4, 0.5) is 5.69 Å². The van der Waals surface area contributed by atoms with E-state index in [2.05, 4.69) is 12.2 Å². The molecule has 0 radical (unpaired) electrons. The summed E-state index contributed by atoms with van der Waals surface area (Å²) < 4.78 is 5.40. The molecule has 0 aliphatic heterocycles. The van der Waals surface area contributed by atoms with E-state index in [1.807, 2.05) is 24.3 Å². The maximum atomic E-state index is 13.1. The fraction of sp³-hybridized carbons (Fsp3) is 0.280. The van der Waals surface area contributed by atoms with E-state index in [0.717, 1.165) is 41.4 Å². The van der Waals surface area contributed by atoms with Crippen molar-refractivity contribution in [1.29, 1.82) is 0 Å². The molecular weight excluding hydrogens is 392 g/mol. The van der Waals surface area contributed by atoms with Gasteiger partial charge in [-0.2, -0.15) is 0 Å². The van der Waals surface area contributed by atoms with Gasteiger partial charge < -0.3 is 10.1 Å². The highest BCUT2D eigenvalue weighted by molar-refractivity contribution is 6.06. The van der Waals surface area contributed by atoms with Crippen molar-refractivity contribution in [3.8, 4) is 0 Å². The summed E-state index contributed by atoms with van der Waals surface area (Å²) in [4.78, 5) is 41.7. The first-order valence-corrected chi connectivity index (χ1v) is 10.4. The van der Waals surface area contributed by atoms with E-state index in [1.165, 1.54) is 6.92 Å². The first-order valence-electron chi connectivity index (χ1n) is 10.4. The first-order chi connectivity index (χ1) is 14.9. The van der Waals surface area contributed by atoms with Crippen LogP contribution in [0, 0.1) is 5.92 Å². The van der Waals surface area contributed by atoms with Crippen LogP contribution in [0.2, 0.25) is 0 Å². The molecule has 1 N–H and O–H groups in total. The molecule has 0 spiro atoms. The second-order valence-corrected chi connectivity index (χ2v) is 8.04. The highest BCUT2D eigenvalue weighted by Crippen LogP contribution is 2.32. The van der Waals surface area contributed by atoms with E-state index in [-0.39, 0.29) is 5.78 Å². The number of ketones is 1. The highest BCUT2D eigenvalue weighted by atomic mass is 16.5. The van der Waals surface area contributed by atoms with Crippen molar-refractivity contribution in [2.45, 2.75) is 33.1 Å². The number of para-hydroxylation sites is 1. The number of nitrogens with one attached hydrogen (secondary N) is 1. The van der Waals surface area contributed by atoms with E-state index < -0.39 is 18.5 Å². The number of ether oxygens (including phenoxy) is 1. The molecule has 1 heterocycles. The number of esters is 1. The second-order valence-electron chi connectivity index (χ2n) is 8.04. The van der Waals surface area contributed by atoms with Gasteiger partial charge in [0, 0.05) is 22.3 Å². The average Bonchev–Trinajstić information content (AvgIpc) is 2.76. The zero-order valence-electron chi connectivity index (χ0n) is 17.6. The van der Waals surface area contributed by atoms with Gasteiger partial charge in [-0.25, -0.2) is 4.79 Å². The molecule has 0 unspecified atom stereocenters. The zero-order chi connectivity index (χ0) is 22.0. The largest absolute Gasteiger partial charge is 0.452 e. The smallest absolute Gasteiger partial charge is 0.339 e. The molecule has 1 aliphatic carbocycles. The van der Waals surface area contributed by atoms with Crippen molar-refractivity contribution in [3.05, 3.63) is 70.9 Å². The van der Waals surface area contributed by atoms with E-state index in [9.17, 15) is 14.4 Å². The Morgan fingerprint density at radius 1 is 1.13 bits per heavy atom. The third-order valence-corrected chi connectivity index (χ3v) is 5.60. The van der Waals surface area contributed by atoms with Gasteiger partial charge in [-0.15, -0.1) is 0 Å². The number of benzene rings is 2. The molecule has 0 fully saturated rings. The number of hydrogen-bond acceptors (Lipinski definition) is 5. The first kappa shape index (κ1) is 20.7. The van der Waals surface area contributed by atoms with E-state index in [4.69, 9.17) is 9.72 Å². The summed E-state index contributed by atoms with van der Waals surface area (Å²) in [6, 6.07) is 14.2. The molecule has 6 heteroatoms. The Morgan fingerprint density at radius 3 is 2.74 bits per heavy atom. The minimum atomic E-state index is -0.517. The number of aromatic nitrogens is 1. The summed E-state index contributed by atoms with van der Waals surface area (Å²) in [5.41, 5.74) is 4.12. The van der Waals surface area contributed by atoms with E-state index in [0.29, 0.717) is 22.7 Å². The number of pyridine rings is 1. The molecule has 1 atom stereocenters. The number of amides is 1. The second kappa shape index (κ2) is 8.68. The van der Waals surface area contributed by atoms with Gasteiger partial charge in [0.25, 0.3) is 5.91 Å². The molecular formula is C25H24N2O4. The van der Waals surface area contributed by atoms with Crippen LogP contribution in [0.25, 0.3) is 10.9 Å². The Kier molecular flexibility index (Phi) is 5.80. The number of Topliss-reactive ketones (excluding diaryl/α,β-unsaturated/α-hetero) is 1. The molecule has 3 aromatic rings. The van der Waals surface area contributed by atoms with Crippen molar-refractivity contribution < 1.29 is 19.1 Å². The van der Waals surface area contributed by atoms with Gasteiger partial charge in [-0.05, 0) is 55.9 Å². The molecule has 0 saturated heterocycles. The normalized spacial score (nSPS) is 15.2. The van der Waals surface area contributed by atoms with Gasteiger partial charge in [0.2, 0.25) is 0 Å². The summed E-state index contributed by atoms with van der Waals surface area (Å²) >= 11 is 0. The summed E-state index contributed by atoms with van der Waals surface area (Å²) in [5, 5.41) is 3.42. The topological polar surface area (TPSA) is 85.4 Å². The van der Waals surface area contributed by atoms with Crippen molar-refractivity contribution in [3.63, 3.8) is 0 Å². The average molecular weight is 416 g/mol. The van der Waals surface area contributed by atoms with Gasteiger partial charge in [-0.3, -0.25) is 14.6 Å². The molecule has 0 saturated carbocycles. The lowest BCUT2D eigenvalue weighted by molar-refractivity contribution is -0.119. The fourth-order valence-corrected chi connectivity index (χ4v) is 4.01. The minimum absolute atomic E-state index is 0.0916. The van der Waals surface area contributed by atoms with Gasteiger partial charge >= 0.3 is 5.97 Å². The molecule has 0 bridgehead atoms. The Labute approximate surface area is 180 Å². The Balaban J connectivity index is 1.54. The molecule has 31 heavy (non-hydrogen) atoms. The van der Waals surface area contributed by atoms with Crippen LogP contribution >= 0.6 is 0 Å². The number of nitrogens with zero attached hydrogens (tertiary/aromatic N) is 1. The number of carbonyl (C=O) groups is 3. The van der Waals surface area contributed by atoms with Crippen LogP contribution in [0.3, 0.4) is 0 Å². The standard InChI is InChI=1S/C25H24N2O4/c1-15-10-11-22-20(12-15)24(19-8-3-4-9-21(19)27-22)25(30)31-14-23(29)26-18-7-5-6-17(13-18)16(2)28/h3-9,13,15H,10-12,14H2,1-2H3,(H,26,29)/t15-/m0/s1. The highest BCUT2D eigenvalue weighted by Gasteiger charge is 2.26. The number of anilines is 1. The predicted octanol–water partition coefficient (Wildman–Crippen LogP) is 4.36. The van der Waals surface area contributed by atoms with Crippen LogP contribution in [0.5, 0.6) is 0 Å². The number of fused-ring (bicyclic) bond motifs is 2. The van der Waals surface area contributed by atoms with Crippen molar-refractivity contribution in [2.75, 3.05) is 11.9 Å². The zero-order valence-corrected chi connectivity index (χ0v) is 17.6. The Bertz CT molecular complexity index is 1190. The quantitative estimate of drug-likeness (QED) is 0.493. The number of carbonyl (C=O) groups excluding carboxylic acids is 3. The van der Waals surface area contributed by atoms with Gasteiger partial charge in [-0.1, -0.05) is 37.3 Å². The van der Waals surface area contributed by atoms with Gasteiger partial charge in [0.05, 0.1) is 11.1 Å². The molecule has 158 valence electrons. The minimum Gasteiger partial charge on any atom is -0.452 e. The molecule has 1 aliphatic rings. The van der Waals surface area contributed by atoms with Crippen LogP contribution in [0.1, 0.15) is 52.2 Å². The summed E-state index contributed by atoms with van der Waals surface area (Å²) in [5.74, 6) is -0.615. The molecule has 6 nitrogen and oxygen atoms in total. The molecule has 1 amide bonds. The lowest BCUT2D eigenvalue weighted by Gasteiger charge is -2.24. The number of aryl methyl sites for hydroxylation is 1. The number of rotatable bonds is 5. The third-order valence-electron chi connectivity index (χ3n) is 5.60. The SMILES string of the molecule is CC(=O)c1cccc(NC(=O)COC(=O)c2c3c(nc4ccccc24)CC[C@H](C)C3)c1. The van der Waals surface area contributed by atoms with Crippen LogP contribution < -0.4 is 5.32 Å². The fourth-order valence-electron chi connectivity index (χ4n) is 4.01. The van der Waals surface area contributed by atoms with E-state index in [1.54, 1.807) is 24.3 Å². The maximum Gasteiger partial charge on any atom is 0.339 e. The Morgan fingerprint density at radius 2 is 1.94 bits per heavy atom. The summed E-state index contributed by atoms with van der Waals surface area (Å²) in [7, 11) is 0. The summed E-state index contributed by atoms with van der Waals surface area (Å²) in [6.45, 7) is 3.21.